The van der Waals surface area contributed by atoms with Gasteiger partial charge in [-0.05, 0) is 62.6 Å². The van der Waals surface area contributed by atoms with Crippen molar-refractivity contribution in [3.8, 4) is 0 Å². The zero-order chi connectivity index (χ0) is 13.0. The van der Waals surface area contributed by atoms with Gasteiger partial charge in [0.05, 0.1) is 0 Å². The summed E-state index contributed by atoms with van der Waals surface area (Å²) in [6.45, 7) is 6.92. The van der Waals surface area contributed by atoms with E-state index in [1.54, 1.807) is 0 Å². The van der Waals surface area contributed by atoms with Gasteiger partial charge in [0.25, 0.3) is 0 Å². The molecule has 1 heterocycles. The average molecular weight is 249 g/mol. The van der Waals surface area contributed by atoms with Gasteiger partial charge in [0.1, 0.15) is 0 Å². The molecular weight excluding hydrogens is 222 g/mol. The summed E-state index contributed by atoms with van der Waals surface area (Å²) in [6.07, 6.45) is 7.25. The van der Waals surface area contributed by atoms with Gasteiger partial charge in [-0.25, -0.2) is 0 Å². The lowest BCUT2D eigenvalue weighted by atomic mass is 9.71. The largest absolute Gasteiger partial charge is 0.316 e. The summed E-state index contributed by atoms with van der Waals surface area (Å²) in [7, 11) is 2.04. The lowest BCUT2D eigenvalue weighted by Crippen LogP contribution is -2.36. The quantitative estimate of drug-likeness (QED) is 0.805. The van der Waals surface area contributed by atoms with Crippen LogP contribution in [0, 0.1) is 17.8 Å². The van der Waals surface area contributed by atoms with Crippen molar-refractivity contribution in [2.45, 2.75) is 39.5 Å². The molecule has 2 unspecified atom stereocenters. The van der Waals surface area contributed by atoms with E-state index in [4.69, 9.17) is 0 Å². The molecule has 1 N–H and O–H groups in total. The third kappa shape index (κ3) is 3.58. The number of hydrogen-bond donors (Lipinski definition) is 1. The fourth-order valence-electron chi connectivity index (χ4n) is 2.82. The van der Waals surface area contributed by atoms with Crippen LogP contribution < -0.4 is 5.32 Å². The van der Waals surface area contributed by atoms with Crippen LogP contribution in [0.3, 0.4) is 0 Å². The van der Waals surface area contributed by atoms with Gasteiger partial charge >= 0.3 is 0 Å². The summed E-state index contributed by atoms with van der Waals surface area (Å²) in [4.78, 5) is 0. The molecule has 0 saturated heterocycles. The van der Waals surface area contributed by atoms with Crippen molar-refractivity contribution in [2.24, 2.45) is 24.8 Å². The summed E-state index contributed by atoms with van der Waals surface area (Å²) in [5.41, 5.74) is 1.37. The van der Waals surface area contributed by atoms with E-state index in [1.165, 1.54) is 37.9 Å². The summed E-state index contributed by atoms with van der Waals surface area (Å²) in [5.74, 6) is 2.61. The standard InChI is InChI=1S/C15H27N3/c1-12(2)10-16-11-14-5-4-13(14)6-7-15-8-9-17-18(15)3/h8-9,12-14,16H,4-7,10-11H2,1-3H3. The fraction of sp³-hybridized carbons (Fsp3) is 0.800. The van der Waals surface area contributed by atoms with E-state index in [-0.39, 0.29) is 0 Å². The predicted octanol–water partition coefficient (Wildman–Crippen LogP) is 2.62. The van der Waals surface area contributed by atoms with E-state index in [1.807, 2.05) is 17.9 Å². The number of aromatic nitrogens is 2. The highest BCUT2D eigenvalue weighted by Crippen LogP contribution is 2.37. The Morgan fingerprint density at radius 3 is 2.72 bits per heavy atom. The van der Waals surface area contributed by atoms with Crippen LogP contribution in [-0.2, 0) is 13.5 Å². The monoisotopic (exact) mass is 249 g/mol. The van der Waals surface area contributed by atoms with E-state index in [0.29, 0.717) is 0 Å². The molecule has 0 radical (unpaired) electrons. The molecule has 2 rings (SSSR count). The molecule has 0 aliphatic heterocycles. The summed E-state index contributed by atoms with van der Waals surface area (Å²) < 4.78 is 2.00. The maximum atomic E-state index is 4.23. The van der Waals surface area contributed by atoms with Gasteiger partial charge < -0.3 is 5.32 Å². The number of hydrogen-bond acceptors (Lipinski definition) is 2. The minimum Gasteiger partial charge on any atom is -0.316 e. The van der Waals surface area contributed by atoms with Crippen LogP contribution >= 0.6 is 0 Å². The van der Waals surface area contributed by atoms with Gasteiger partial charge in [-0.1, -0.05) is 13.8 Å². The predicted molar refractivity (Wildman–Crippen MR) is 75.5 cm³/mol. The molecule has 1 aliphatic carbocycles. The highest BCUT2D eigenvalue weighted by atomic mass is 15.2. The molecule has 1 fully saturated rings. The molecule has 0 amide bonds. The topological polar surface area (TPSA) is 29.9 Å². The smallest absolute Gasteiger partial charge is 0.0492 e. The minimum atomic E-state index is 0.762. The third-order valence-corrected chi connectivity index (χ3v) is 4.23. The Labute approximate surface area is 111 Å². The lowest BCUT2D eigenvalue weighted by molar-refractivity contribution is 0.158. The molecule has 102 valence electrons. The van der Waals surface area contributed by atoms with Crippen molar-refractivity contribution >= 4 is 0 Å². The van der Waals surface area contributed by atoms with Crippen LogP contribution in [0.2, 0.25) is 0 Å². The maximum Gasteiger partial charge on any atom is 0.0492 e. The van der Waals surface area contributed by atoms with Crippen molar-refractivity contribution in [3.63, 3.8) is 0 Å². The summed E-state index contributed by atoms with van der Waals surface area (Å²) in [6, 6.07) is 2.14. The molecule has 0 spiro atoms. The van der Waals surface area contributed by atoms with Crippen LogP contribution in [0.25, 0.3) is 0 Å². The molecule has 3 heteroatoms. The zero-order valence-electron chi connectivity index (χ0n) is 12.0. The normalized spacial score (nSPS) is 23.3. The molecule has 1 saturated carbocycles. The first-order chi connectivity index (χ1) is 8.66. The van der Waals surface area contributed by atoms with E-state index in [0.717, 1.165) is 24.3 Å². The van der Waals surface area contributed by atoms with E-state index in [2.05, 4.69) is 30.3 Å². The van der Waals surface area contributed by atoms with Crippen LogP contribution in [0.5, 0.6) is 0 Å². The Balaban J connectivity index is 1.66. The van der Waals surface area contributed by atoms with Gasteiger partial charge in [-0.3, -0.25) is 4.68 Å². The number of nitrogens with zero attached hydrogens (tertiary/aromatic N) is 2. The van der Waals surface area contributed by atoms with Gasteiger partial charge in [0.15, 0.2) is 0 Å². The molecular formula is C15H27N3. The highest BCUT2D eigenvalue weighted by molar-refractivity contribution is 5.00. The van der Waals surface area contributed by atoms with Gasteiger partial charge in [-0.2, -0.15) is 5.10 Å². The van der Waals surface area contributed by atoms with E-state index < -0.39 is 0 Å². The fourth-order valence-corrected chi connectivity index (χ4v) is 2.82. The molecule has 1 aromatic heterocycles. The third-order valence-electron chi connectivity index (χ3n) is 4.23. The van der Waals surface area contributed by atoms with Crippen molar-refractivity contribution in [2.75, 3.05) is 13.1 Å². The van der Waals surface area contributed by atoms with Crippen LogP contribution in [-0.4, -0.2) is 22.9 Å². The van der Waals surface area contributed by atoms with E-state index >= 15 is 0 Å². The zero-order valence-corrected chi connectivity index (χ0v) is 12.0. The second-order valence-corrected chi connectivity index (χ2v) is 6.13. The summed E-state index contributed by atoms with van der Waals surface area (Å²) in [5, 5.41) is 7.83. The van der Waals surface area contributed by atoms with Crippen LogP contribution in [0.1, 0.15) is 38.8 Å². The summed E-state index contributed by atoms with van der Waals surface area (Å²) >= 11 is 0. The molecule has 2 atom stereocenters. The first-order valence-electron chi connectivity index (χ1n) is 7.34. The molecule has 0 aromatic carbocycles. The second kappa shape index (κ2) is 6.37. The maximum absolute atomic E-state index is 4.23. The Hall–Kier alpha value is -0.830. The second-order valence-electron chi connectivity index (χ2n) is 6.13. The van der Waals surface area contributed by atoms with Crippen molar-refractivity contribution in [1.29, 1.82) is 0 Å². The van der Waals surface area contributed by atoms with Gasteiger partial charge in [0, 0.05) is 18.9 Å². The Morgan fingerprint density at radius 1 is 1.39 bits per heavy atom. The molecule has 0 bridgehead atoms. The number of aryl methyl sites for hydroxylation is 2. The minimum absolute atomic E-state index is 0.762. The van der Waals surface area contributed by atoms with Crippen LogP contribution in [0.15, 0.2) is 12.3 Å². The van der Waals surface area contributed by atoms with Gasteiger partial charge in [0.2, 0.25) is 0 Å². The van der Waals surface area contributed by atoms with Crippen molar-refractivity contribution in [1.82, 2.24) is 15.1 Å². The first-order valence-corrected chi connectivity index (χ1v) is 7.34. The average Bonchev–Trinajstić information content (AvgIpc) is 2.69. The van der Waals surface area contributed by atoms with Crippen LogP contribution in [0.4, 0.5) is 0 Å². The Morgan fingerprint density at radius 2 is 2.17 bits per heavy atom. The number of rotatable bonds is 7. The number of nitrogens with one attached hydrogen (secondary N) is 1. The van der Waals surface area contributed by atoms with E-state index in [9.17, 15) is 0 Å². The first kappa shape index (κ1) is 13.6. The van der Waals surface area contributed by atoms with Crippen molar-refractivity contribution in [3.05, 3.63) is 18.0 Å². The molecule has 1 aromatic rings. The van der Waals surface area contributed by atoms with Crippen molar-refractivity contribution < 1.29 is 0 Å². The SMILES string of the molecule is CC(C)CNCC1CCC1CCc1ccnn1C. The lowest BCUT2D eigenvalue weighted by Gasteiger charge is -2.37. The van der Waals surface area contributed by atoms with Gasteiger partial charge in [-0.15, -0.1) is 0 Å². The highest BCUT2D eigenvalue weighted by Gasteiger charge is 2.29. The molecule has 3 nitrogen and oxygen atoms in total. The Bertz CT molecular complexity index is 356. The Kier molecular flexibility index (Phi) is 4.81. The molecule has 1 aliphatic rings. The molecule has 18 heavy (non-hydrogen) atoms.